The van der Waals surface area contributed by atoms with Gasteiger partial charge in [-0.25, -0.2) is 0 Å². The summed E-state index contributed by atoms with van der Waals surface area (Å²) in [5, 5.41) is 0. The van der Waals surface area contributed by atoms with Crippen molar-refractivity contribution in [1.82, 2.24) is 0 Å². The van der Waals surface area contributed by atoms with E-state index in [1.165, 1.54) is 24.0 Å². The Morgan fingerprint density at radius 1 is 1.26 bits per heavy atom. The molecule has 106 valence electrons. The van der Waals surface area contributed by atoms with Gasteiger partial charge in [0.05, 0.1) is 0 Å². The first-order valence-corrected chi connectivity index (χ1v) is 7.54. The van der Waals surface area contributed by atoms with Crippen molar-refractivity contribution in [2.45, 2.75) is 65.7 Å². The number of rotatable bonds is 7. The third-order valence-corrected chi connectivity index (χ3v) is 3.79. The molecule has 0 saturated heterocycles. The Hall–Kier alpha value is -1.11. The van der Waals surface area contributed by atoms with Gasteiger partial charge in [0, 0.05) is 5.92 Å². The van der Waals surface area contributed by atoms with E-state index < -0.39 is 0 Å². The van der Waals surface area contributed by atoms with E-state index >= 15 is 0 Å². The van der Waals surface area contributed by atoms with Crippen LogP contribution in [0.4, 0.5) is 0 Å². The zero-order chi connectivity index (χ0) is 14.1. The van der Waals surface area contributed by atoms with Gasteiger partial charge in [-0.15, -0.1) is 0 Å². The molecule has 0 radical (unpaired) electrons. The quantitative estimate of drug-likeness (QED) is 0.443. The highest BCUT2D eigenvalue weighted by molar-refractivity contribution is 5.54. The van der Waals surface area contributed by atoms with Gasteiger partial charge in [-0.2, -0.15) is 0 Å². The summed E-state index contributed by atoms with van der Waals surface area (Å²) in [7, 11) is 0. The summed E-state index contributed by atoms with van der Waals surface area (Å²) in [5.74, 6) is 0.282. The van der Waals surface area contributed by atoms with E-state index in [0.717, 1.165) is 38.4 Å². The number of aldehydes is 1. The van der Waals surface area contributed by atoms with E-state index in [9.17, 15) is 4.79 Å². The summed E-state index contributed by atoms with van der Waals surface area (Å²) in [5.41, 5.74) is 4.45. The van der Waals surface area contributed by atoms with Crippen LogP contribution in [0.1, 0.15) is 65.7 Å². The van der Waals surface area contributed by atoms with Crippen LogP contribution in [-0.2, 0) is 4.79 Å². The molecule has 0 fully saturated rings. The fourth-order valence-corrected chi connectivity index (χ4v) is 2.45. The van der Waals surface area contributed by atoms with Crippen LogP contribution in [0.2, 0.25) is 0 Å². The fourth-order valence-electron chi connectivity index (χ4n) is 2.45. The maximum absolute atomic E-state index is 10.7. The zero-order valence-electron chi connectivity index (χ0n) is 12.7. The topological polar surface area (TPSA) is 17.1 Å². The standard InChI is InChI=1S/C18H28O/c1-15(2)6-4-7-16(3)8-5-9-17-10-12-18(14-19)13-11-17/h6,8,10,14,18H,4-5,7,9,11-13H2,1-3H3/b16-8+. The Morgan fingerprint density at radius 2 is 2.05 bits per heavy atom. The molecular weight excluding hydrogens is 232 g/mol. The maximum atomic E-state index is 10.7. The zero-order valence-corrected chi connectivity index (χ0v) is 12.7. The van der Waals surface area contributed by atoms with Crippen LogP contribution in [0.25, 0.3) is 0 Å². The Labute approximate surface area is 118 Å². The van der Waals surface area contributed by atoms with E-state index in [1.807, 2.05) is 0 Å². The Bertz CT molecular complexity index is 367. The summed E-state index contributed by atoms with van der Waals surface area (Å²) < 4.78 is 0. The molecule has 1 rings (SSSR count). The lowest BCUT2D eigenvalue weighted by Gasteiger charge is -2.16. The van der Waals surface area contributed by atoms with Crippen molar-refractivity contribution in [2.24, 2.45) is 5.92 Å². The molecule has 0 amide bonds. The molecule has 1 aliphatic carbocycles. The predicted octanol–water partition coefficient (Wildman–Crippen LogP) is 5.38. The van der Waals surface area contributed by atoms with E-state index in [2.05, 4.69) is 39.0 Å². The Balaban J connectivity index is 2.24. The molecule has 0 N–H and O–H groups in total. The van der Waals surface area contributed by atoms with Gasteiger partial charge in [0.15, 0.2) is 0 Å². The van der Waals surface area contributed by atoms with Crippen molar-refractivity contribution in [1.29, 1.82) is 0 Å². The number of allylic oxidation sites excluding steroid dienone is 6. The lowest BCUT2D eigenvalue weighted by Crippen LogP contribution is -2.06. The molecule has 0 spiro atoms. The van der Waals surface area contributed by atoms with Crippen LogP contribution in [0.3, 0.4) is 0 Å². The normalized spacial score (nSPS) is 19.8. The third-order valence-electron chi connectivity index (χ3n) is 3.79. The van der Waals surface area contributed by atoms with Gasteiger partial charge < -0.3 is 4.79 Å². The van der Waals surface area contributed by atoms with Gasteiger partial charge in [0.1, 0.15) is 6.29 Å². The van der Waals surface area contributed by atoms with E-state index in [0.29, 0.717) is 0 Å². The molecule has 1 atom stereocenters. The van der Waals surface area contributed by atoms with Crippen molar-refractivity contribution in [3.8, 4) is 0 Å². The minimum atomic E-state index is 0.282. The van der Waals surface area contributed by atoms with Crippen LogP contribution in [-0.4, -0.2) is 6.29 Å². The lowest BCUT2D eigenvalue weighted by atomic mass is 9.88. The maximum Gasteiger partial charge on any atom is 0.123 e. The average molecular weight is 260 g/mol. The van der Waals surface area contributed by atoms with Crippen LogP contribution in [0.15, 0.2) is 34.9 Å². The van der Waals surface area contributed by atoms with Crippen LogP contribution >= 0.6 is 0 Å². The molecule has 1 aliphatic rings. The minimum absolute atomic E-state index is 0.282. The SMILES string of the molecule is CC(C)=CCC/C(C)=C/CCC1=CCC(C=O)CC1. The molecule has 0 aliphatic heterocycles. The summed E-state index contributed by atoms with van der Waals surface area (Å²) in [6.45, 7) is 6.54. The number of hydrogen-bond donors (Lipinski definition) is 0. The molecule has 0 saturated carbocycles. The predicted molar refractivity (Wildman–Crippen MR) is 83.1 cm³/mol. The monoisotopic (exact) mass is 260 g/mol. The summed E-state index contributed by atoms with van der Waals surface area (Å²) >= 11 is 0. The van der Waals surface area contributed by atoms with E-state index in [-0.39, 0.29) is 5.92 Å². The van der Waals surface area contributed by atoms with Crippen molar-refractivity contribution in [3.63, 3.8) is 0 Å². The van der Waals surface area contributed by atoms with Gasteiger partial charge in [-0.1, -0.05) is 34.9 Å². The highest BCUT2D eigenvalue weighted by atomic mass is 16.1. The van der Waals surface area contributed by atoms with Gasteiger partial charge in [-0.3, -0.25) is 0 Å². The smallest absolute Gasteiger partial charge is 0.123 e. The second-order valence-corrected chi connectivity index (χ2v) is 5.94. The molecule has 1 unspecified atom stereocenters. The highest BCUT2D eigenvalue weighted by Crippen LogP contribution is 2.25. The fraction of sp³-hybridized carbons (Fsp3) is 0.611. The second kappa shape index (κ2) is 8.90. The van der Waals surface area contributed by atoms with Gasteiger partial charge in [0.2, 0.25) is 0 Å². The van der Waals surface area contributed by atoms with E-state index in [1.54, 1.807) is 5.57 Å². The van der Waals surface area contributed by atoms with E-state index in [4.69, 9.17) is 0 Å². The van der Waals surface area contributed by atoms with Gasteiger partial charge >= 0.3 is 0 Å². The molecule has 1 heteroatoms. The van der Waals surface area contributed by atoms with Crippen LogP contribution < -0.4 is 0 Å². The van der Waals surface area contributed by atoms with Crippen molar-refractivity contribution < 1.29 is 4.79 Å². The van der Waals surface area contributed by atoms with Crippen molar-refractivity contribution in [3.05, 3.63) is 34.9 Å². The largest absolute Gasteiger partial charge is 0.303 e. The first-order valence-electron chi connectivity index (χ1n) is 7.54. The van der Waals surface area contributed by atoms with Crippen molar-refractivity contribution in [2.75, 3.05) is 0 Å². The summed E-state index contributed by atoms with van der Waals surface area (Å²) in [4.78, 5) is 10.7. The molecule has 0 bridgehead atoms. The Kier molecular flexibility index (Phi) is 7.47. The first-order chi connectivity index (χ1) is 9.11. The average Bonchev–Trinajstić information content (AvgIpc) is 2.39. The number of carbonyl (C=O) groups is 1. The molecule has 0 aromatic rings. The third kappa shape index (κ3) is 7.15. The van der Waals surface area contributed by atoms with Crippen molar-refractivity contribution >= 4 is 6.29 Å². The number of hydrogen-bond acceptors (Lipinski definition) is 1. The Morgan fingerprint density at radius 3 is 2.63 bits per heavy atom. The first kappa shape index (κ1) is 15.9. The second-order valence-electron chi connectivity index (χ2n) is 5.94. The minimum Gasteiger partial charge on any atom is -0.303 e. The molecule has 1 nitrogen and oxygen atoms in total. The molecular formula is C18H28O. The summed E-state index contributed by atoms with van der Waals surface area (Å²) in [6.07, 6.45) is 15.9. The van der Waals surface area contributed by atoms with Gasteiger partial charge in [0.25, 0.3) is 0 Å². The molecule has 19 heavy (non-hydrogen) atoms. The van der Waals surface area contributed by atoms with Crippen LogP contribution in [0, 0.1) is 5.92 Å². The number of carbonyl (C=O) groups excluding carboxylic acids is 1. The van der Waals surface area contributed by atoms with Crippen LogP contribution in [0.5, 0.6) is 0 Å². The molecule has 0 aromatic carbocycles. The lowest BCUT2D eigenvalue weighted by molar-refractivity contribution is -0.111. The highest BCUT2D eigenvalue weighted by Gasteiger charge is 2.12. The molecule has 0 heterocycles. The summed E-state index contributed by atoms with van der Waals surface area (Å²) in [6, 6.07) is 0. The van der Waals surface area contributed by atoms with Gasteiger partial charge in [-0.05, 0) is 65.7 Å². The molecule has 0 aromatic heterocycles.